The lowest BCUT2D eigenvalue weighted by Gasteiger charge is -2.12. The molecule has 0 bridgehead atoms. The highest BCUT2D eigenvalue weighted by Crippen LogP contribution is 2.28. The van der Waals surface area contributed by atoms with E-state index in [1.165, 1.54) is 0 Å². The number of hydrogen-bond acceptors (Lipinski definition) is 1. The van der Waals surface area contributed by atoms with Gasteiger partial charge in [0.15, 0.2) is 0 Å². The Bertz CT molecular complexity index is 682. The first-order valence-corrected chi connectivity index (χ1v) is 6.49. The van der Waals surface area contributed by atoms with Crippen molar-refractivity contribution in [3.63, 3.8) is 0 Å². The topological polar surface area (TPSA) is 17.8 Å². The van der Waals surface area contributed by atoms with Gasteiger partial charge < -0.3 is 0 Å². The smallest absolute Gasteiger partial charge is 0.144 e. The fourth-order valence-electron chi connectivity index (χ4n) is 2.21. The second kappa shape index (κ2) is 4.90. The maximum absolute atomic E-state index is 6.33. The van der Waals surface area contributed by atoms with Crippen molar-refractivity contribution in [2.45, 2.75) is 6.92 Å². The third-order valence-electron chi connectivity index (χ3n) is 3.10. The van der Waals surface area contributed by atoms with Gasteiger partial charge in [-0.25, -0.2) is 4.98 Å². The zero-order valence-corrected chi connectivity index (χ0v) is 11.3. The molecule has 1 aromatic heterocycles. The molecule has 94 valence electrons. The van der Waals surface area contributed by atoms with Crippen LogP contribution in [0, 0.1) is 6.92 Å². The molecule has 0 saturated heterocycles. The van der Waals surface area contributed by atoms with Crippen LogP contribution in [-0.4, -0.2) is 9.55 Å². The summed E-state index contributed by atoms with van der Waals surface area (Å²) in [6.45, 7) is 2.05. The second-order valence-corrected chi connectivity index (χ2v) is 4.80. The Morgan fingerprint density at radius 2 is 1.79 bits per heavy atom. The van der Waals surface area contributed by atoms with Crippen molar-refractivity contribution in [2.24, 2.45) is 0 Å². The molecule has 1 heterocycles. The molecule has 0 unspecified atom stereocenters. The number of halogens is 1. The minimum atomic E-state index is 0.732. The van der Waals surface area contributed by atoms with E-state index in [0.717, 1.165) is 27.7 Å². The summed E-state index contributed by atoms with van der Waals surface area (Å²) in [6.07, 6.45) is 3.74. The molecule has 0 N–H and O–H groups in total. The van der Waals surface area contributed by atoms with Gasteiger partial charge in [0, 0.05) is 18.0 Å². The van der Waals surface area contributed by atoms with E-state index >= 15 is 0 Å². The summed E-state index contributed by atoms with van der Waals surface area (Å²) < 4.78 is 2.03. The van der Waals surface area contributed by atoms with Crippen molar-refractivity contribution >= 4 is 11.6 Å². The average Bonchev–Trinajstić information content (AvgIpc) is 2.89. The van der Waals surface area contributed by atoms with Crippen molar-refractivity contribution in [3.8, 4) is 17.1 Å². The minimum Gasteiger partial charge on any atom is -0.298 e. The van der Waals surface area contributed by atoms with Crippen LogP contribution in [-0.2, 0) is 0 Å². The largest absolute Gasteiger partial charge is 0.298 e. The van der Waals surface area contributed by atoms with Crippen molar-refractivity contribution in [1.29, 1.82) is 0 Å². The Morgan fingerprint density at radius 1 is 1.00 bits per heavy atom. The molecule has 0 aliphatic rings. The standard InChI is InChI=1S/C16H13ClN2/c1-12-6-5-9-14(17)15(12)19-11-10-18-16(19)13-7-3-2-4-8-13/h2-11H,1H3. The second-order valence-electron chi connectivity index (χ2n) is 4.39. The molecule has 0 amide bonds. The normalized spacial score (nSPS) is 10.6. The predicted octanol–water partition coefficient (Wildman–Crippen LogP) is 4.50. The van der Waals surface area contributed by atoms with Crippen LogP contribution in [0.1, 0.15) is 5.56 Å². The molecule has 0 atom stereocenters. The van der Waals surface area contributed by atoms with Gasteiger partial charge in [0.25, 0.3) is 0 Å². The van der Waals surface area contributed by atoms with Gasteiger partial charge in [-0.2, -0.15) is 0 Å². The van der Waals surface area contributed by atoms with Crippen molar-refractivity contribution < 1.29 is 0 Å². The maximum atomic E-state index is 6.33. The summed E-state index contributed by atoms with van der Waals surface area (Å²) in [6, 6.07) is 16.0. The fraction of sp³-hybridized carbons (Fsp3) is 0.0625. The van der Waals surface area contributed by atoms with Crippen LogP contribution in [0.5, 0.6) is 0 Å². The van der Waals surface area contributed by atoms with Gasteiger partial charge in [0.2, 0.25) is 0 Å². The van der Waals surface area contributed by atoms with E-state index in [1.54, 1.807) is 6.20 Å². The Morgan fingerprint density at radius 3 is 2.53 bits per heavy atom. The summed E-state index contributed by atoms with van der Waals surface area (Å²) in [5.74, 6) is 0.900. The van der Waals surface area contributed by atoms with Crippen LogP contribution in [0.25, 0.3) is 17.1 Å². The molecule has 3 aromatic rings. The van der Waals surface area contributed by atoms with Gasteiger partial charge in [-0.05, 0) is 18.6 Å². The van der Waals surface area contributed by atoms with E-state index in [-0.39, 0.29) is 0 Å². The van der Waals surface area contributed by atoms with Crippen LogP contribution in [0.4, 0.5) is 0 Å². The number of rotatable bonds is 2. The first-order chi connectivity index (χ1) is 9.27. The number of hydrogen-bond donors (Lipinski definition) is 0. The van der Waals surface area contributed by atoms with Crippen molar-refractivity contribution in [1.82, 2.24) is 9.55 Å². The Hall–Kier alpha value is -2.06. The highest BCUT2D eigenvalue weighted by Gasteiger charge is 2.11. The molecule has 0 aliphatic carbocycles. The number of para-hydroxylation sites is 1. The average molecular weight is 269 g/mol. The molecule has 0 aliphatic heterocycles. The first-order valence-electron chi connectivity index (χ1n) is 6.11. The number of nitrogens with zero attached hydrogens (tertiary/aromatic N) is 2. The lowest BCUT2D eigenvalue weighted by molar-refractivity contribution is 1.05. The molecular formula is C16H13ClN2. The van der Waals surface area contributed by atoms with Gasteiger partial charge in [-0.15, -0.1) is 0 Å². The van der Waals surface area contributed by atoms with Gasteiger partial charge in [-0.3, -0.25) is 4.57 Å². The van der Waals surface area contributed by atoms with E-state index in [9.17, 15) is 0 Å². The number of aromatic nitrogens is 2. The van der Waals surface area contributed by atoms with Crippen LogP contribution < -0.4 is 0 Å². The van der Waals surface area contributed by atoms with E-state index in [4.69, 9.17) is 11.6 Å². The third kappa shape index (κ3) is 2.15. The Kier molecular flexibility index (Phi) is 3.10. The molecule has 2 nitrogen and oxygen atoms in total. The van der Waals surface area contributed by atoms with E-state index in [2.05, 4.69) is 18.0 Å². The number of benzene rings is 2. The van der Waals surface area contributed by atoms with Crippen LogP contribution >= 0.6 is 11.6 Å². The van der Waals surface area contributed by atoms with Gasteiger partial charge in [-0.1, -0.05) is 54.1 Å². The number of imidazole rings is 1. The Balaban J connectivity index is 2.21. The lowest BCUT2D eigenvalue weighted by Crippen LogP contribution is -1.99. The van der Waals surface area contributed by atoms with Crippen LogP contribution in [0.3, 0.4) is 0 Å². The fourth-order valence-corrected chi connectivity index (χ4v) is 2.53. The minimum absolute atomic E-state index is 0.732. The van der Waals surface area contributed by atoms with Crippen molar-refractivity contribution in [2.75, 3.05) is 0 Å². The van der Waals surface area contributed by atoms with Gasteiger partial charge in [0.1, 0.15) is 5.82 Å². The monoisotopic (exact) mass is 268 g/mol. The Labute approximate surface area is 117 Å². The van der Waals surface area contributed by atoms with Crippen LogP contribution in [0.2, 0.25) is 5.02 Å². The molecule has 0 saturated carbocycles. The summed E-state index contributed by atoms with van der Waals surface area (Å²) in [5, 5.41) is 0.732. The molecular weight excluding hydrogens is 256 g/mol. The van der Waals surface area contributed by atoms with Crippen LogP contribution in [0.15, 0.2) is 60.9 Å². The molecule has 3 rings (SSSR count). The zero-order chi connectivity index (χ0) is 13.2. The van der Waals surface area contributed by atoms with Crippen molar-refractivity contribution in [3.05, 3.63) is 71.5 Å². The molecule has 0 fully saturated rings. The van der Waals surface area contributed by atoms with E-state index in [1.807, 2.05) is 53.2 Å². The van der Waals surface area contributed by atoms with Gasteiger partial charge in [0.05, 0.1) is 10.7 Å². The quantitative estimate of drug-likeness (QED) is 0.669. The van der Waals surface area contributed by atoms with Gasteiger partial charge >= 0.3 is 0 Å². The molecule has 2 aromatic carbocycles. The SMILES string of the molecule is Cc1cccc(Cl)c1-n1ccnc1-c1ccccc1. The summed E-state index contributed by atoms with van der Waals surface area (Å²) >= 11 is 6.33. The molecule has 3 heteroatoms. The summed E-state index contributed by atoms with van der Waals surface area (Å²) in [5.41, 5.74) is 3.19. The lowest BCUT2D eigenvalue weighted by atomic mass is 10.1. The zero-order valence-electron chi connectivity index (χ0n) is 10.5. The highest BCUT2D eigenvalue weighted by atomic mass is 35.5. The van der Waals surface area contributed by atoms with E-state index in [0.29, 0.717) is 0 Å². The molecule has 19 heavy (non-hydrogen) atoms. The maximum Gasteiger partial charge on any atom is 0.144 e. The predicted molar refractivity (Wildman–Crippen MR) is 78.7 cm³/mol. The van der Waals surface area contributed by atoms with E-state index < -0.39 is 0 Å². The highest BCUT2D eigenvalue weighted by molar-refractivity contribution is 6.32. The summed E-state index contributed by atoms with van der Waals surface area (Å²) in [4.78, 5) is 4.45. The number of aryl methyl sites for hydroxylation is 1. The third-order valence-corrected chi connectivity index (χ3v) is 3.41. The summed E-state index contributed by atoms with van der Waals surface area (Å²) in [7, 11) is 0. The molecule has 0 spiro atoms. The molecule has 0 radical (unpaired) electrons. The first kappa shape index (κ1) is 12.0.